The van der Waals surface area contributed by atoms with Crippen molar-refractivity contribution in [2.24, 2.45) is 0 Å². The van der Waals surface area contributed by atoms with Gasteiger partial charge >= 0.3 is 0 Å². The van der Waals surface area contributed by atoms with E-state index >= 15 is 0 Å². The second-order valence-electron chi connectivity index (χ2n) is 13.7. The first-order valence-electron chi connectivity index (χ1n) is 17.8. The second-order valence-corrected chi connectivity index (χ2v) is 13.7. The summed E-state index contributed by atoms with van der Waals surface area (Å²) in [5.74, 6) is 0. The normalized spacial score (nSPS) is 13.4. The minimum atomic E-state index is 1.08. The SMILES string of the molecule is C1=CC(n2c3ccccc3c3cc(-c4ccc5c(c4)c4ccccc4n5-c4ccc5c(c4)c4ccccc4n5-c4ccccc4)ccc32)=CCC1. The van der Waals surface area contributed by atoms with E-state index in [0.29, 0.717) is 0 Å². The van der Waals surface area contributed by atoms with Crippen molar-refractivity contribution in [3.63, 3.8) is 0 Å². The number of hydrogen-bond acceptors (Lipinski definition) is 0. The summed E-state index contributed by atoms with van der Waals surface area (Å²) in [6.45, 7) is 0. The summed E-state index contributed by atoms with van der Waals surface area (Å²) in [5, 5.41) is 7.60. The van der Waals surface area contributed by atoms with Gasteiger partial charge in [0.25, 0.3) is 0 Å². The van der Waals surface area contributed by atoms with E-state index in [1.807, 2.05) is 0 Å². The van der Waals surface area contributed by atoms with Crippen LogP contribution in [0.15, 0.2) is 176 Å². The predicted molar refractivity (Wildman–Crippen MR) is 216 cm³/mol. The molecule has 51 heavy (non-hydrogen) atoms. The standard InChI is InChI=1S/C48H33N3/c1-3-13-34(14-4-1)49-43-20-10-7-17-37(43)40-29-32(23-26-46(40)49)33-24-27-47-41(30-33)38-18-8-12-22-45(38)51(47)36-25-28-48-42(31-36)39-19-9-11-21-44(39)50(48)35-15-5-2-6-16-35/h2-3,5-31H,1,4H2. The van der Waals surface area contributed by atoms with Gasteiger partial charge in [0.2, 0.25) is 0 Å². The van der Waals surface area contributed by atoms with Gasteiger partial charge in [0.05, 0.1) is 33.1 Å². The number of fused-ring (bicyclic) bond motifs is 9. The maximum absolute atomic E-state index is 2.44. The summed E-state index contributed by atoms with van der Waals surface area (Å²) in [4.78, 5) is 0. The second kappa shape index (κ2) is 11.0. The molecule has 3 nitrogen and oxygen atoms in total. The van der Waals surface area contributed by atoms with Crippen molar-refractivity contribution in [2.75, 3.05) is 0 Å². The fourth-order valence-electron chi connectivity index (χ4n) is 8.58. The van der Waals surface area contributed by atoms with Crippen molar-refractivity contribution in [1.82, 2.24) is 13.7 Å². The molecule has 0 amide bonds. The molecule has 11 rings (SSSR count). The van der Waals surface area contributed by atoms with Crippen LogP contribution >= 0.6 is 0 Å². The van der Waals surface area contributed by atoms with E-state index in [1.165, 1.54) is 87.9 Å². The first kappa shape index (κ1) is 28.3. The number of para-hydroxylation sites is 4. The van der Waals surface area contributed by atoms with Crippen LogP contribution in [-0.2, 0) is 0 Å². The summed E-state index contributed by atoms with van der Waals surface area (Å²) in [5.41, 5.74) is 13.4. The highest BCUT2D eigenvalue weighted by molar-refractivity contribution is 6.14. The molecule has 1 aliphatic carbocycles. The number of allylic oxidation sites excluding steroid dienone is 4. The average molecular weight is 652 g/mol. The molecular formula is C48H33N3. The molecule has 0 aliphatic heterocycles. The number of aromatic nitrogens is 3. The third-order valence-electron chi connectivity index (χ3n) is 10.8. The Bertz CT molecular complexity index is 3070. The number of hydrogen-bond donors (Lipinski definition) is 0. The van der Waals surface area contributed by atoms with Crippen LogP contribution in [0.1, 0.15) is 12.8 Å². The van der Waals surface area contributed by atoms with Crippen LogP contribution < -0.4 is 0 Å². The Morgan fingerprint density at radius 2 is 0.804 bits per heavy atom. The topological polar surface area (TPSA) is 14.8 Å². The average Bonchev–Trinajstić information content (AvgIpc) is 3.83. The van der Waals surface area contributed by atoms with Gasteiger partial charge in [0, 0.05) is 49.4 Å². The van der Waals surface area contributed by atoms with Crippen molar-refractivity contribution in [3.8, 4) is 22.5 Å². The maximum atomic E-state index is 2.44. The third-order valence-corrected chi connectivity index (χ3v) is 10.8. The Labute approximate surface area is 295 Å². The molecule has 0 N–H and O–H groups in total. The van der Waals surface area contributed by atoms with Gasteiger partial charge in [-0.1, -0.05) is 97.1 Å². The fourth-order valence-corrected chi connectivity index (χ4v) is 8.58. The van der Waals surface area contributed by atoms with Crippen LogP contribution in [0.4, 0.5) is 0 Å². The first-order valence-corrected chi connectivity index (χ1v) is 17.8. The fraction of sp³-hybridized carbons (Fsp3) is 0.0417. The Kier molecular flexibility index (Phi) is 6.08. The van der Waals surface area contributed by atoms with Crippen molar-refractivity contribution >= 4 is 71.1 Å². The van der Waals surface area contributed by atoms with Gasteiger partial charge in [0.1, 0.15) is 0 Å². The van der Waals surface area contributed by atoms with Crippen molar-refractivity contribution in [2.45, 2.75) is 12.8 Å². The molecule has 0 unspecified atom stereocenters. The number of benzene rings is 7. The molecule has 0 bridgehead atoms. The molecule has 0 fully saturated rings. The van der Waals surface area contributed by atoms with Gasteiger partial charge in [-0.15, -0.1) is 0 Å². The van der Waals surface area contributed by atoms with Crippen LogP contribution in [0, 0.1) is 0 Å². The molecule has 0 atom stereocenters. The van der Waals surface area contributed by atoms with Crippen LogP contribution in [0.3, 0.4) is 0 Å². The molecule has 240 valence electrons. The van der Waals surface area contributed by atoms with Gasteiger partial charge in [-0.25, -0.2) is 0 Å². The maximum Gasteiger partial charge on any atom is 0.0542 e. The molecule has 1 aliphatic rings. The van der Waals surface area contributed by atoms with E-state index in [0.717, 1.165) is 18.5 Å². The van der Waals surface area contributed by atoms with E-state index in [2.05, 4.69) is 190 Å². The Morgan fingerprint density at radius 1 is 0.333 bits per heavy atom. The summed E-state index contributed by atoms with van der Waals surface area (Å²) in [6, 6.07) is 58.0. The minimum absolute atomic E-state index is 1.08. The lowest BCUT2D eigenvalue weighted by molar-refractivity contribution is 1.02. The first-order chi connectivity index (χ1) is 25.3. The molecule has 0 radical (unpaired) electrons. The number of rotatable bonds is 4. The van der Waals surface area contributed by atoms with E-state index in [9.17, 15) is 0 Å². The molecule has 0 saturated heterocycles. The number of nitrogens with zero attached hydrogens (tertiary/aromatic N) is 3. The molecule has 0 spiro atoms. The molecule has 0 saturated carbocycles. The van der Waals surface area contributed by atoms with E-state index in [4.69, 9.17) is 0 Å². The molecule has 10 aromatic rings. The van der Waals surface area contributed by atoms with E-state index in [1.54, 1.807) is 0 Å². The minimum Gasteiger partial charge on any atom is -0.310 e. The van der Waals surface area contributed by atoms with Crippen molar-refractivity contribution in [1.29, 1.82) is 0 Å². The highest BCUT2D eigenvalue weighted by Crippen LogP contribution is 2.40. The lowest BCUT2D eigenvalue weighted by atomic mass is 10.0. The quantitative estimate of drug-likeness (QED) is 0.180. The molecular weight excluding hydrogens is 619 g/mol. The van der Waals surface area contributed by atoms with Gasteiger partial charge in [0.15, 0.2) is 0 Å². The summed E-state index contributed by atoms with van der Waals surface area (Å²) >= 11 is 0. The third kappa shape index (κ3) is 4.18. The Morgan fingerprint density at radius 3 is 1.39 bits per heavy atom. The summed E-state index contributed by atoms with van der Waals surface area (Å²) in [7, 11) is 0. The zero-order valence-electron chi connectivity index (χ0n) is 28.0. The monoisotopic (exact) mass is 651 g/mol. The molecule has 7 aromatic carbocycles. The van der Waals surface area contributed by atoms with Gasteiger partial charge < -0.3 is 13.7 Å². The zero-order chi connectivity index (χ0) is 33.5. The zero-order valence-corrected chi connectivity index (χ0v) is 28.0. The smallest absolute Gasteiger partial charge is 0.0542 e. The van der Waals surface area contributed by atoms with Gasteiger partial charge in [-0.3, -0.25) is 0 Å². The Hall–Kier alpha value is -6.58. The van der Waals surface area contributed by atoms with Crippen LogP contribution in [0.2, 0.25) is 0 Å². The van der Waals surface area contributed by atoms with Crippen molar-refractivity contribution < 1.29 is 0 Å². The van der Waals surface area contributed by atoms with Crippen LogP contribution in [0.25, 0.3) is 93.6 Å². The molecule has 3 heteroatoms. The lowest BCUT2D eigenvalue weighted by Crippen LogP contribution is -1.96. The molecule has 3 aromatic heterocycles. The largest absolute Gasteiger partial charge is 0.310 e. The Balaban J connectivity index is 1.10. The van der Waals surface area contributed by atoms with Gasteiger partial charge in [-0.2, -0.15) is 0 Å². The van der Waals surface area contributed by atoms with Gasteiger partial charge in [-0.05, 0) is 103 Å². The van der Waals surface area contributed by atoms with E-state index in [-0.39, 0.29) is 0 Å². The van der Waals surface area contributed by atoms with Crippen LogP contribution in [-0.4, -0.2) is 13.7 Å². The summed E-state index contributed by atoms with van der Waals surface area (Å²) < 4.78 is 7.24. The lowest BCUT2D eigenvalue weighted by Gasteiger charge is -2.12. The predicted octanol–water partition coefficient (Wildman–Crippen LogP) is 12.8. The highest BCUT2D eigenvalue weighted by Gasteiger charge is 2.18. The highest BCUT2D eigenvalue weighted by atomic mass is 15.0. The summed E-state index contributed by atoms with van der Waals surface area (Å²) in [6.07, 6.45) is 9.11. The van der Waals surface area contributed by atoms with E-state index < -0.39 is 0 Å². The van der Waals surface area contributed by atoms with Crippen LogP contribution in [0.5, 0.6) is 0 Å². The van der Waals surface area contributed by atoms with Crippen molar-refractivity contribution in [3.05, 3.63) is 176 Å². The molecule has 3 heterocycles.